The number of fused-ring (bicyclic) bond motifs is 1. The minimum absolute atomic E-state index is 0.185. The lowest BCUT2D eigenvalue weighted by Crippen LogP contribution is -2.38. The number of anilines is 1. The maximum atomic E-state index is 9.89. The third-order valence-electron chi connectivity index (χ3n) is 4.88. The van der Waals surface area contributed by atoms with Gasteiger partial charge in [0.1, 0.15) is 11.9 Å². The second kappa shape index (κ2) is 7.33. The van der Waals surface area contributed by atoms with Crippen molar-refractivity contribution in [3.8, 4) is 6.07 Å². The maximum Gasteiger partial charge on any atom is 0.147 e. The van der Waals surface area contributed by atoms with Crippen LogP contribution >= 0.6 is 11.8 Å². The van der Waals surface area contributed by atoms with Crippen LogP contribution in [0.5, 0.6) is 0 Å². The summed E-state index contributed by atoms with van der Waals surface area (Å²) in [4.78, 5) is 7.24. The number of pyridine rings is 1. The van der Waals surface area contributed by atoms with E-state index in [1.54, 1.807) is 0 Å². The normalized spacial score (nSPS) is 19.7. The average molecular weight is 346 g/mol. The van der Waals surface area contributed by atoms with Crippen LogP contribution in [0.25, 0.3) is 0 Å². The Hall–Kier alpha value is -1.25. The first-order valence-electron chi connectivity index (χ1n) is 8.97. The van der Waals surface area contributed by atoms with E-state index < -0.39 is 0 Å². The van der Waals surface area contributed by atoms with E-state index in [0.29, 0.717) is 0 Å². The minimum Gasteiger partial charge on any atom is -0.378 e. The standard InChI is InChI=1S/C19H27N3OS/c1-4-5-6-17-16-13-24-19(2,3)11-14(16)15(12-20)18(21-17)22-7-9-23-10-8-22/h4-11,13H2,1-3H3. The molecule has 1 aromatic heterocycles. The van der Waals surface area contributed by atoms with Crippen molar-refractivity contribution in [3.05, 3.63) is 22.4 Å². The zero-order valence-corrected chi connectivity index (χ0v) is 15.8. The summed E-state index contributed by atoms with van der Waals surface area (Å²) in [6, 6.07) is 2.49. The lowest BCUT2D eigenvalue weighted by Gasteiger charge is -2.35. The van der Waals surface area contributed by atoms with E-state index in [0.717, 1.165) is 62.7 Å². The molecule has 24 heavy (non-hydrogen) atoms. The van der Waals surface area contributed by atoms with Crippen molar-refractivity contribution in [1.82, 2.24) is 4.98 Å². The number of aryl methyl sites for hydroxylation is 1. The van der Waals surface area contributed by atoms with Crippen molar-refractivity contribution in [2.24, 2.45) is 0 Å². The van der Waals surface area contributed by atoms with Gasteiger partial charge in [0, 0.05) is 29.3 Å². The highest BCUT2D eigenvalue weighted by Crippen LogP contribution is 2.42. The van der Waals surface area contributed by atoms with E-state index >= 15 is 0 Å². The second-order valence-corrected chi connectivity index (χ2v) is 8.94. The molecule has 0 radical (unpaired) electrons. The van der Waals surface area contributed by atoms with E-state index in [9.17, 15) is 5.26 Å². The van der Waals surface area contributed by atoms with Gasteiger partial charge in [-0.2, -0.15) is 17.0 Å². The Labute approximate surface area is 149 Å². The Morgan fingerprint density at radius 1 is 1.29 bits per heavy atom. The van der Waals surface area contributed by atoms with Crippen molar-refractivity contribution < 1.29 is 4.74 Å². The Kier molecular flexibility index (Phi) is 5.36. The van der Waals surface area contributed by atoms with Gasteiger partial charge in [0.15, 0.2) is 0 Å². The fourth-order valence-corrected chi connectivity index (χ4v) is 4.62. The van der Waals surface area contributed by atoms with E-state index in [2.05, 4.69) is 31.7 Å². The van der Waals surface area contributed by atoms with E-state index in [1.807, 2.05) is 11.8 Å². The number of thioether (sulfide) groups is 1. The molecule has 0 aromatic carbocycles. The Morgan fingerprint density at radius 2 is 2.04 bits per heavy atom. The number of unbranched alkanes of at least 4 members (excludes halogenated alkanes) is 1. The summed E-state index contributed by atoms with van der Waals surface area (Å²) in [5.41, 5.74) is 4.61. The van der Waals surface area contributed by atoms with Crippen LogP contribution in [0.4, 0.5) is 5.82 Å². The largest absolute Gasteiger partial charge is 0.378 e. The molecule has 1 aromatic rings. The molecule has 4 nitrogen and oxygen atoms in total. The molecule has 1 saturated heterocycles. The molecule has 0 unspecified atom stereocenters. The second-order valence-electron chi connectivity index (χ2n) is 7.25. The van der Waals surface area contributed by atoms with Crippen LogP contribution in [0.1, 0.15) is 56.0 Å². The van der Waals surface area contributed by atoms with Gasteiger partial charge in [0.2, 0.25) is 0 Å². The molecule has 0 N–H and O–H groups in total. The minimum atomic E-state index is 0.185. The van der Waals surface area contributed by atoms with Gasteiger partial charge in [-0.25, -0.2) is 4.98 Å². The molecule has 0 bridgehead atoms. The van der Waals surface area contributed by atoms with Crippen LogP contribution in [0, 0.1) is 11.3 Å². The number of hydrogen-bond donors (Lipinski definition) is 0. The van der Waals surface area contributed by atoms with Crippen molar-refractivity contribution in [2.75, 3.05) is 31.2 Å². The maximum absolute atomic E-state index is 9.89. The molecule has 2 aliphatic heterocycles. The van der Waals surface area contributed by atoms with E-state index in [-0.39, 0.29) is 4.75 Å². The van der Waals surface area contributed by atoms with Crippen LogP contribution in [0.15, 0.2) is 0 Å². The molecular formula is C19H27N3OS. The number of nitrogens with zero attached hydrogens (tertiary/aromatic N) is 3. The number of hydrogen-bond acceptors (Lipinski definition) is 5. The number of nitriles is 1. The van der Waals surface area contributed by atoms with Crippen LogP contribution in [-0.4, -0.2) is 36.0 Å². The lowest BCUT2D eigenvalue weighted by atomic mass is 9.91. The molecule has 1 fully saturated rings. The summed E-state index contributed by atoms with van der Waals surface area (Å²) in [7, 11) is 0. The number of aromatic nitrogens is 1. The Balaban J connectivity index is 2.09. The summed E-state index contributed by atoms with van der Waals surface area (Å²) < 4.78 is 5.66. The van der Waals surface area contributed by atoms with Crippen LogP contribution in [-0.2, 0) is 23.3 Å². The molecular weight excluding hydrogens is 318 g/mol. The summed E-state index contributed by atoms with van der Waals surface area (Å²) in [5, 5.41) is 9.89. The zero-order valence-electron chi connectivity index (χ0n) is 15.0. The van der Waals surface area contributed by atoms with E-state index in [4.69, 9.17) is 9.72 Å². The summed E-state index contributed by atoms with van der Waals surface area (Å²) in [5.74, 6) is 1.88. The molecule has 3 heterocycles. The fourth-order valence-electron chi connectivity index (χ4n) is 3.49. The lowest BCUT2D eigenvalue weighted by molar-refractivity contribution is 0.122. The first-order valence-corrected chi connectivity index (χ1v) is 9.95. The molecule has 5 heteroatoms. The Morgan fingerprint density at radius 3 is 2.71 bits per heavy atom. The highest BCUT2D eigenvalue weighted by Gasteiger charge is 2.32. The smallest absolute Gasteiger partial charge is 0.147 e. The number of rotatable bonds is 4. The van der Waals surface area contributed by atoms with Gasteiger partial charge in [-0.05, 0) is 30.4 Å². The van der Waals surface area contributed by atoms with Crippen molar-refractivity contribution >= 4 is 17.6 Å². The summed E-state index contributed by atoms with van der Waals surface area (Å²) in [6.07, 6.45) is 4.29. The third-order valence-corrected chi connectivity index (χ3v) is 6.24. The first kappa shape index (κ1) is 17.6. The highest BCUT2D eigenvalue weighted by atomic mass is 32.2. The van der Waals surface area contributed by atoms with Crippen LogP contribution in [0.3, 0.4) is 0 Å². The van der Waals surface area contributed by atoms with Gasteiger partial charge >= 0.3 is 0 Å². The highest BCUT2D eigenvalue weighted by molar-refractivity contribution is 7.99. The first-order chi connectivity index (χ1) is 11.6. The van der Waals surface area contributed by atoms with Gasteiger partial charge < -0.3 is 9.64 Å². The van der Waals surface area contributed by atoms with Gasteiger partial charge in [-0.1, -0.05) is 27.2 Å². The summed E-state index contributed by atoms with van der Waals surface area (Å²) in [6.45, 7) is 9.86. The zero-order chi connectivity index (χ0) is 17.2. The van der Waals surface area contributed by atoms with Gasteiger partial charge in [-0.15, -0.1) is 0 Å². The van der Waals surface area contributed by atoms with Crippen molar-refractivity contribution in [2.45, 2.75) is 57.0 Å². The van der Waals surface area contributed by atoms with Crippen molar-refractivity contribution in [3.63, 3.8) is 0 Å². The third kappa shape index (κ3) is 3.55. The molecule has 0 amide bonds. The molecule has 3 rings (SSSR count). The molecule has 130 valence electrons. The number of morpholine rings is 1. The van der Waals surface area contributed by atoms with Crippen LogP contribution < -0.4 is 4.90 Å². The summed E-state index contributed by atoms with van der Waals surface area (Å²) >= 11 is 1.99. The molecule has 0 aliphatic carbocycles. The predicted molar refractivity (Wildman–Crippen MR) is 99.7 cm³/mol. The SMILES string of the molecule is CCCCc1nc(N2CCOCC2)c(C#N)c2c1CSC(C)(C)C2. The van der Waals surface area contributed by atoms with Gasteiger partial charge in [0.05, 0.1) is 18.8 Å². The van der Waals surface area contributed by atoms with E-state index in [1.165, 1.54) is 23.2 Å². The van der Waals surface area contributed by atoms with Crippen molar-refractivity contribution in [1.29, 1.82) is 5.26 Å². The molecule has 0 spiro atoms. The topological polar surface area (TPSA) is 49.2 Å². The molecule has 0 atom stereocenters. The predicted octanol–water partition coefficient (Wildman–Crippen LogP) is 3.70. The number of ether oxygens (including phenoxy) is 1. The van der Waals surface area contributed by atoms with Gasteiger partial charge in [0.25, 0.3) is 0 Å². The Bertz CT molecular complexity index is 645. The fraction of sp³-hybridized carbons (Fsp3) is 0.684. The quantitative estimate of drug-likeness (QED) is 0.833. The average Bonchev–Trinajstić information content (AvgIpc) is 2.58. The molecule has 2 aliphatic rings. The molecule has 0 saturated carbocycles. The monoisotopic (exact) mass is 345 g/mol. The van der Waals surface area contributed by atoms with Crippen LogP contribution in [0.2, 0.25) is 0 Å². The van der Waals surface area contributed by atoms with Gasteiger partial charge in [-0.3, -0.25) is 0 Å².